The fourth-order valence-corrected chi connectivity index (χ4v) is 8.10. The van der Waals surface area contributed by atoms with Gasteiger partial charge in [-0.1, -0.05) is 62.4 Å². The van der Waals surface area contributed by atoms with Crippen LogP contribution in [0, 0.1) is 0 Å². The second-order valence-electron chi connectivity index (χ2n) is 11.5. The number of aromatic nitrogens is 2. The van der Waals surface area contributed by atoms with Crippen molar-refractivity contribution in [3.63, 3.8) is 0 Å². The fourth-order valence-electron chi connectivity index (χ4n) is 5.15. The number of ether oxygens (including phenoxy) is 2. The molecule has 1 aromatic heterocycles. The Balaban J connectivity index is 1.56. The molecule has 5 N–H and O–H groups in total. The van der Waals surface area contributed by atoms with Crippen LogP contribution in [0.3, 0.4) is 0 Å². The summed E-state index contributed by atoms with van der Waals surface area (Å²) in [7, 11) is -10.6. The first kappa shape index (κ1) is 40.2. The Bertz CT molecular complexity index is 1770. The highest BCUT2D eigenvalue weighted by Crippen LogP contribution is 2.61. The summed E-state index contributed by atoms with van der Waals surface area (Å²) in [5.74, 6) is -5.46. The van der Waals surface area contributed by atoms with Crippen molar-refractivity contribution < 1.29 is 55.5 Å². The number of phosphoric acid groups is 1. The molecular formula is C31H41F2N5O11P2. The van der Waals surface area contributed by atoms with Crippen LogP contribution < -0.4 is 21.0 Å². The van der Waals surface area contributed by atoms with Crippen LogP contribution in [0.2, 0.25) is 0 Å². The van der Waals surface area contributed by atoms with Crippen molar-refractivity contribution in [1.82, 2.24) is 19.5 Å². The first-order chi connectivity index (χ1) is 24.0. The maximum Gasteiger partial charge on any atom is 0.481 e. The highest BCUT2D eigenvalue weighted by atomic mass is 31.3. The van der Waals surface area contributed by atoms with E-state index in [1.165, 1.54) is 31.2 Å². The van der Waals surface area contributed by atoms with Crippen molar-refractivity contribution in [1.29, 1.82) is 0 Å². The van der Waals surface area contributed by atoms with Crippen molar-refractivity contribution in [3.05, 3.63) is 89.0 Å². The van der Waals surface area contributed by atoms with E-state index in [-0.39, 0.29) is 24.7 Å². The number of para-hydroxylation sites is 1. The number of nitrogen functional groups attached to an aromatic ring is 1. The topological polar surface area (TPSA) is 214 Å². The van der Waals surface area contributed by atoms with Crippen LogP contribution in [0.15, 0.2) is 77.7 Å². The number of nitrogens with zero attached hydrogens (tertiary/aromatic N) is 3. The van der Waals surface area contributed by atoms with E-state index in [9.17, 15) is 28.7 Å². The molecule has 0 aliphatic carbocycles. The van der Waals surface area contributed by atoms with E-state index in [1.807, 2.05) is 0 Å². The summed E-state index contributed by atoms with van der Waals surface area (Å²) in [6.07, 6.45) is -4.19. The number of carbonyl (C=O) groups excluding carboxylic acids is 1. The quantitative estimate of drug-likeness (QED) is 0.107. The van der Waals surface area contributed by atoms with Crippen LogP contribution in [-0.4, -0.2) is 80.3 Å². The summed E-state index contributed by atoms with van der Waals surface area (Å²) < 4.78 is 85.9. The average molecular weight is 760 g/mol. The van der Waals surface area contributed by atoms with Crippen molar-refractivity contribution in [2.75, 3.05) is 32.0 Å². The third-order valence-corrected chi connectivity index (χ3v) is 11.3. The first-order valence-electron chi connectivity index (χ1n) is 15.9. The molecule has 0 saturated carbocycles. The molecule has 0 amide bonds. The number of carbonyl (C=O) groups is 1. The normalized spacial score (nSPS) is 22.9. The van der Waals surface area contributed by atoms with Crippen LogP contribution in [-0.2, 0) is 38.8 Å². The van der Waals surface area contributed by atoms with Gasteiger partial charge in [-0.3, -0.25) is 13.9 Å². The predicted octanol–water partition coefficient (Wildman–Crippen LogP) is 3.86. The smallest absolute Gasteiger partial charge is 0.460 e. The van der Waals surface area contributed by atoms with Gasteiger partial charge in [0.15, 0.2) is 5.60 Å². The zero-order valence-corrected chi connectivity index (χ0v) is 29.8. The highest BCUT2D eigenvalue weighted by molar-refractivity contribution is 7.63. The lowest BCUT2D eigenvalue weighted by Crippen LogP contribution is -2.55. The van der Waals surface area contributed by atoms with Gasteiger partial charge in [-0.15, -0.1) is 0 Å². The second kappa shape index (κ2) is 16.8. The van der Waals surface area contributed by atoms with Gasteiger partial charge in [-0.05, 0) is 50.2 Å². The van der Waals surface area contributed by atoms with E-state index < -0.39 is 70.2 Å². The minimum absolute atomic E-state index is 0.0594. The zero-order chi connectivity index (χ0) is 37.5. The van der Waals surface area contributed by atoms with E-state index >= 15 is 8.78 Å². The van der Waals surface area contributed by atoms with Gasteiger partial charge >= 0.3 is 33.2 Å². The summed E-state index contributed by atoms with van der Waals surface area (Å²) in [6, 6.07) is 15.6. The highest BCUT2D eigenvalue weighted by Gasteiger charge is 2.70. The molecule has 1 aliphatic rings. The predicted molar refractivity (Wildman–Crippen MR) is 179 cm³/mol. The van der Waals surface area contributed by atoms with E-state index in [1.54, 1.807) is 55.1 Å². The molecule has 51 heavy (non-hydrogen) atoms. The van der Waals surface area contributed by atoms with Crippen LogP contribution in [0.1, 0.15) is 39.0 Å². The number of rotatable bonds is 18. The number of hydrogen-bond acceptors (Lipinski definition) is 13. The average Bonchev–Trinajstić information content (AvgIpc) is 3.27. The monoisotopic (exact) mass is 759 g/mol. The Morgan fingerprint density at radius 2 is 1.75 bits per heavy atom. The van der Waals surface area contributed by atoms with E-state index in [0.29, 0.717) is 23.2 Å². The van der Waals surface area contributed by atoms with Crippen molar-refractivity contribution >= 4 is 27.4 Å². The SMILES string of the molecule is CCN(CC)CCC1(O)[C@@H](COP(=O)(O)OP(=O)(N[C@@H](C)C(=O)OCc2ccccc2)Oc2ccccc2)O[C@@H](n2ccc(N)nc2=O)C1(F)F. The molecule has 1 saturated heterocycles. The number of halogens is 2. The summed E-state index contributed by atoms with van der Waals surface area (Å²) in [5.41, 5.74) is 1.88. The number of hydrogen-bond donors (Lipinski definition) is 4. The summed E-state index contributed by atoms with van der Waals surface area (Å²) in [6.45, 7) is 4.29. The second-order valence-corrected chi connectivity index (χ2v) is 14.8. The van der Waals surface area contributed by atoms with Gasteiger partial charge < -0.3 is 34.6 Å². The van der Waals surface area contributed by atoms with Gasteiger partial charge in [0.25, 0.3) is 0 Å². The molecule has 2 heterocycles. The molecule has 1 aliphatic heterocycles. The molecule has 2 aromatic carbocycles. The van der Waals surface area contributed by atoms with E-state index in [2.05, 4.69) is 10.1 Å². The Labute approximate surface area is 292 Å². The number of alkyl halides is 2. The standard InChI is InChI=1S/C31H41F2N5O11P2/c1-4-37(5-2)19-17-30(41)25(47-28(31(30,32)33)38-18-16-26(34)35-29(38)40)21-46-51(43,44)49-50(42,48-24-14-10-7-11-15-24)36-22(3)27(39)45-20-23-12-8-6-9-13-23/h6-16,18,22,25,28,41H,4-5,17,19-21H2,1-3H3,(H,36,42)(H,43,44)(H2,34,35,40)/t22-,25+,28+,30?,50?/m0/s1. The van der Waals surface area contributed by atoms with Gasteiger partial charge in [0, 0.05) is 12.7 Å². The van der Waals surface area contributed by atoms with Gasteiger partial charge in [0.05, 0.1) is 6.61 Å². The molecule has 280 valence electrons. The van der Waals surface area contributed by atoms with Crippen molar-refractivity contribution in [2.24, 2.45) is 0 Å². The number of benzene rings is 2. The molecule has 1 fully saturated rings. The lowest BCUT2D eigenvalue weighted by molar-refractivity contribution is -0.190. The van der Waals surface area contributed by atoms with Gasteiger partial charge in [0.1, 0.15) is 30.3 Å². The van der Waals surface area contributed by atoms with Crippen LogP contribution in [0.25, 0.3) is 0 Å². The lowest BCUT2D eigenvalue weighted by atomic mass is 9.87. The molecular weight excluding hydrogens is 718 g/mol. The van der Waals surface area contributed by atoms with E-state index in [0.717, 1.165) is 12.3 Å². The van der Waals surface area contributed by atoms with Crippen molar-refractivity contribution in [3.8, 4) is 5.75 Å². The largest absolute Gasteiger partial charge is 0.481 e. The van der Waals surface area contributed by atoms with Crippen LogP contribution >= 0.6 is 15.6 Å². The summed E-state index contributed by atoms with van der Waals surface area (Å²) >= 11 is 0. The Morgan fingerprint density at radius 3 is 2.35 bits per heavy atom. The summed E-state index contributed by atoms with van der Waals surface area (Å²) in [4.78, 5) is 41.2. The maximum atomic E-state index is 16.1. The minimum Gasteiger partial charge on any atom is -0.460 e. The number of aliphatic hydroxyl groups is 1. The molecule has 3 aromatic rings. The Kier molecular flexibility index (Phi) is 13.3. The number of nitrogens with two attached hydrogens (primary N) is 1. The summed E-state index contributed by atoms with van der Waals surface area (Å²) in [5, 5.41) is 13.8. The zero-order valence-electron chi connectivity index (χ0n) is 28.0. The molecule has 6 atom stereocenters. The lowest BCUT2D eigenvalue weighted by Gasteiger charge is -2.35. The number of esters is 1. The molecule has 3 unspecified atom stereocenters. The number of phosphoric ester groups is 1. The molecule has 20 heteroatoms. The Hall–Kier alpha value is -3.57. The third-order valence-electron chi connectivity index (χ3n) is 8.02. The van der Waals surface area contributed by atoms with Gasteiger partial charge in [0.2, 0.25) is 6.23 Å². The number of nitrogens with one attached hydrogen (secondary N) is 1. The molecule has 16 nitrogen and oxygen atoms in total. The van der Waals surface area contributed by atoms with Crippen LogP contribution in [0.4, 0.5) is 14.6 Å². The number of anilines is 1. The van der Waals surface area contributed by atoms with Gasteiger partial charge in [-0.25, -0.2) is 13.9 Å². The maximum absolute atomic E-state index is 16.1. The Morgan fingerprint density at radius 1 is 1.12 bits per heavy atom. The molecule has 0 spiro atoms. The molecule has 0 radical (unpaired) electrons. The molecule has 4 rings (SSSR count). The van der Waals surface area contributed by atoms with Gasteiger partial charge in [-0.2, -0.15) is 23.2 Å². The van der Waals surface area contributed by atoms with Crippen molar-refractivity contribution in [2.45, 2.75) is 63.7 Å². The third kappa shape index (κ3) is 10.1. The minimum atomic E-state index is -5.56. The van der Waals surface area contributed by atoms with Crippen LogP contribution in [0.5, 0.6) is 5.75 Å². The van der Waals surface area contributed by atoms with E-state index in [4.69, 9.17) is 28.6 Å². The first-order valence-corrected chi connectivity index (χ1v) is 18.9. The molecule has 0 bridgehead atoms. The fraction of sp³-hybridized carbons (Fsp3) is 0.452.